The van der Waals surface area contributed by atoms with Crippen LogP contribution in [0.15, 0.2) is 95.0 Å². The van der Waals surface area contributed by atoms with E-state index in [1.54, 1.807) is 88.5 Å². The molecule has 11 atom stereocenters. The van der Waals surface area contributed by atoms with Gasteiger partial charge in [0.2, 0.25) is 59.1 Å². The Morgan fingerprint density at radius 1 is 0.471 bits per heavy atom. The van der Waals surface area contributed by atoms with Crippen molar-refractivity contribution in [3.8, 4) is 5.75 Å². The van der Waals surface area contributed by atoms with Gasteiger partial charge in [-0.2, -0.15) is 0 Å². The largest absolute Gasteiger partial charge is 0.508 e. The van der Waals surface area contributed by atoms with Gasteiger partial charge in [0.05, 0.1) is 12.5 Å². The molecule has 0 aliphatic rings. The van der Waals surface area contributed by atoms with Gasteiger partial charge in [-0.1, -0.05) is 101 Å². The Hall–Kier alpha value is -10.4. The quantitative estimate of drug-likeness (QED) is 0.0129. The summed E-state index contributed by atoms with van der Waals surface area (Å²) in [6, 6.07) is 7.24. The van der Waals surface area contributed by atoms with Gasteiger partial charge in [-0.25, -0.2) is 4.79 Å². The second-order valence-corrected chi connectivity index (χ2v) is 25.7. The second-order valence-electron chi connectivity index (χ2n) is 25.7. The van der Waals surface area contributed by atoms with Crippen LogP contribution in [0.3, 0.4) is 0 Å². The number of carbonyl (C=O) groups is 11. The molecule has 0 spiro atoms. The number of nitrogens with two attached hydrogens (primary N) is 8. The topological polar surface area (TPSA) is 585 Å². The summed E-state index contributed by atoms with van der Waals surface area (Å²) < 4.78 is 0. The number of amides is 10. The lowest BCUT2D eigenvalue weighted by molar-refractivity contribution is -0.142. The number of rotatable bonds is 47. The molecule has 33 nitrogen and oxygen atoms in total. The second kappa shape index (κ2) is 44.0. The number of aromatic hydroxyl groups is 1. The minimum absolute atomic E-state index is 0.0135. The molecule has 28 N–H and O–H groups in total. The molecule has 3 aromatic carbocycles. The summed E-state index contributed by atoms with van der Waals surface area (Å²) in [5.41, 5.74) is 48.0. The van der Waals surface area contributed by atoms with Crippen LogP contribution in [0.5, 0.6) is 5.75 Å². The average molecular weight is 1420 g/mol. The van der Waals surface area contributed by atoms with E-state index < -0.39 is 138 Å². The third-order valence-electron chi connectivity index (χ3n) is 16.9. The number of aromatic nitrogens is 1. The zero-order valence-electron chi connectivity index (χ0n) is 58.6. The molecule has 0 bridgehead atoms. The number of aromatic amines is 1. The summed E-state index contributed by atoms with van der Waals surface area (Å²) in [6.07, 6.45) is 2.68. The van der Waals surface area contributed by atoms with Crippen molar-refractivity contribution in [1.29, 1.82) is 0 Å². The van der Waals surface area contributed by atoms with Gasteiger partial charge in [0, 0.05) is 49.5 Å². The Balaban J connectivity index is 1.71. The Morgan fingerprint density at radius 3 is 1.41 bits per heavy atom. The predicted octanol–water partition coefficient (Wildman–Crippen LogP) is -1.99. The molecular formula is C69H106N20O13. The van der Waals surface area contributed by atoms with Gasteiger partial charge in [-0.15, -0.1) is 0 Å². The number of nitrogens with one attached hydrogen (secondary N) is 10. The van der Waals surface area contributed by atoms with Crippen LogP contribution in [0.4, 0.5) is 0 Å². The average Bonchev–Trinajstić information content (AvgIpc) is 1.62. The SMILES string of the molecule is CC[C@H](C)[C@H](NC(=O)[C@@H](N)CCCCN)C(=O)N[C@@H](CC(N)=O)C(=O)N[C@@H](Cc1c[nH]c2ccccc12)C(=O)N[C@@H](CCCCN)C(=O)N[C@@H](Cc1ccccc1)C(=O)N[C@@H](CCCN=C(N)N)C(=O)N[C@@H](CC(C)C)C(=O)N[C@@H](CCCN=C(N)N)C(=O)N[C@@H](Cc1ccc(O)cc1)C(=O)O. The zero-order chi connectivity index (χ0) is 75.4. The van der Waals surface area contributed by atoms with Crippen LogP contribution in [0, 0.1) is 11.8 Å². The Bertz CT molecular complexity index is 3450. The van der Waals surface area contributed by atoms with E-state index in [1.807, 2.05) is 0 Å². The van der Waals surface area contributed by atoms with Crippen LogP contribution in [0.2, 0.25) is 0 Å². The zero-order valence-corrected chi connectivity index (χ0v) is 58.6. The van der Waals surface area contributed by atoms with Gasteiger partial charge in [0.1, 0.15) is 60.1 Å². The van der Waals surface area contributed by atoms with Crippen molar-refractivity contribution in [2.24, 2.45) is 67.7 Å². The monoisotopic (exact) mass is 1420 g/mol. The van der Waals surface area contributed by atoms with Crippen LogP contribution in [0.25, 0.3) is 10.9 Å². The first-order valence-electron chi connectivity index (χ1n) is 34.4. The van der Waals surface area contributed by atoms with Crippen LogP contribution in [-0.4, -0.2) is 179 Å². The number of benzene rings is 3. The maximum atomic E-state index is 15.1. The summed E-state index contributed by atoms with van der Waals surface area (Å²) in [6.45, 7) is 7.62. The highest BCUT2D eigenvalue weighted by Gasteiger charge is 2.37. The van der Waals surface area contributed by atoms with E-state index in [1.165, 1.54) is 24.3 Å². The molecule has 4 rings (SSSR count). The Kier molecular flexibility index (Phi) is 36.2. The van der Waals surface area contributed by atoms with E-state index in [0.717, 1.165) is 0 Å². The summed E-state index contributed by atoms with van der Waals surface area (Å²) >= 11 is 0. The number of carboxylic acids is 1. The number of aliphatic carboxylic acids is 1. The molecule has 0 radical (unpaired) electrons. The van der Waals surface area contributed by atoms with Gasteiger partial charge >= 0.3 is 5.97 Å². The van der Waals surface area contributed by atoms with Gasteiger partial charge in [-0.05, 0) is 124 Å². The molecule has 1 aromatic heterocycles. The fourth-order valence-corrected chi connectivity index (χ4v) is 11.0. The predicted molar refractivity (Wildman–Crippen MR) is 385 cm³/mol. The maximum Gasteiger partial charge on any atom is 0.326 e. The maximum absolute atomic E-state index is 15.1. The number of phenolic OH excluding ortho intramolecular Hbond substituents is 1. The van der Waals surface area contributed by atoms with Crippen molar-refractivity contribution in [1.82, 2.24) is 52.8 Å². The molecule has 0 aliphatic carbocycles. The van der Waals surface area contributed by atoms with Crippen molar-refractivity contribution in [3.63, 3.8) is 0 Å². The Morgan fingerprint density at radius 2 is 0.902 bits per heavy atom. The fraction of sp³-hybridized carbons (Fsp3) is 0.522. The number of carbonyl (C=O) groups excluding carboxylic acids is 10. The van der Waals surface area contributed by atoms with Crippen molar-refractivity contribution >= 4 is 87.9 Å². The number of unbranched alkanes of at least 4 members (excludes halogenated alkanes) is 2. The van der Waals surface area contributed by atoms with Crippen molar-refractivity contribution in [2.45, 2.75) is 191 Å². The molecule has 0 unspecified atom stereocenters. The van der Waals surface area contributed by atoms with E-state index >= 15 is 14.4 Å². The molecule has 33 heteroatoms. The third-order valence-corrected chi connectivity index (χ3v) is 16.9. The normalized spacial score (nSPS) is 14.4. The smallest absolute Gasteiger partial charge is 0.326 e. The van der Waals surface area contributed by atoms with E-state index in [-0.39, 0.29) is 114 Å². The van der Waals surface area contributed by atoms with Gasteiger partial charge < -0.3 is 109 Å². The molecular weight excluding hydrogens is 1320 g/mol. The number of fused-ring (bicyclic) bond motifs is 1. The number of aliphatic imine (C=N–C) groups is 2. The van der Waals surface area contributed by atoms with Crippen LogP contribution in [0.1, 0.15) is 128 Å². The molecule has 0 fully saturated rings. The highest BCUT2D eigenvalue weighted by molar-refractivity contribution is 6.00. The Labute approximate surface area is 593 Å². The first-order chi connectivity index (χ1) is 48.5. The summed E-state index contributed by atoms with van der Waals surface area (Å²) in [5.74, 6) is -11.5. The number of H-pyrrole nitrogens is 1. The van der Waals surface area contributed by atoms with E-state index in [9.17, 15) is 48.6 Å². The molecule has 0 saturated heterocycles. The standard InChI is InChI=1S/C69H106N20O13/c1-5-40(4)57(89-58(92)46(72)20-11-13-29-70)66(100)87-54(37-56(73)91)65(99)86-53(36-43-38-80-47-21-10-9-19-45(43)47)64(98)81-48(22-12-14-30-71)59(93)85-52(34-41-17-7-6-8-18-41)63(97)83-49(23-15-31-78-68(74)75)60(94)84-51(33-39(2)3)62(96)82-50(24-16-32-79-69(76)77)61(95)88-55(67(101)102)35-42-25-27-44(90)28-26-42/h6-10,17-19,21,25-28,38-40,46,48-55,57,80,90H,5,11-16,20,22-24,29-37,70-72H2,1-4H3,(H2,73,91)(H,81,98)(H,82,96)(H,83,97)(H,84,94)(H,85,93)(H,86,99)(H,87,100)(H,88,95)(H,89,92)(H,101,102)(H4,74,75,78)(H4,76,77,79)/t40-,46-,48-,49-,50-,51-,52-,53-,54-,55-,57-/m0/s1. The lowest BCUT2D eigenvalue weighted by atomic mass is 9.96. The molecule has 1 heterocycles. The third kappa shape index (κ3) is 29.8. The molecule has 0 aliphatic heterocycles. The number of hydrogen-bond acceptors (Lipinski definition) is 17. The summed E-state index contributed by atoms with van der Waals surface area (Å²) in [7, 11) is 0. The van der Waals surface area contributed by atoms with Crippen molar-refractivity contribution < 1.29 is 63.0 Å². The number of para-hydroxylation sites is 1. The number of primary amides is 1. The van der Waals surface area contributed by atoms with Crippen LogP contribution in [-0.2, 0) is 72.0 Å². The molecule has 560 valence electrons. The summed E-state index contributed by atoms with van der Waals surface area (Å²) in [4.78, 5) is 167. The number of phenols is 1. The van der Waals surface area contributed by atoms with Crippen molar-refractivity contribution in [2.75, 3.05) is 26.2 Å². The first-order valence-corrected chi connectivity index (χ1v) is 34.4. The van der Waals surface area contributed by atoms with E-state index in [2.05, 4.69) is 62.8 Å². The number of hydrogen-bond donors (Lipinski definition) is 20. The lowest BCUT2D eigenvalue weighted by Gasteiger charge is -2.29. The number of guanidine groups is 2. The summed E-state index contributed by atoms with van der Waals surface area (Å²) in [5, 5.41) is 44.8. The minimum atomic E-state index is -1.69. The van der Waals surface area contributed by atoms with Crippen LogP contribution < -0.4 is 93.7 Å². The van der Waals surface area contributed by atoms with E-state index in [0.29, 0.717) is 59.8 Å². The number of carboxylic acid groups (broad SMARTS) is 1. The fourth-order valence-electron chi connectivity index (χ4n) is 11.0. The van der Waals surface area contributed by atoms with Crippen LogP contribution >= 0.6 is 0 Å². The number of nitrogens with zero attached hydrogens (tertiary/aromatic N) is 2. The highest BCUT2D eigenvalue weighted by atomic mass is 16.4. The van der Waals surface area contributed by atoms with Gasteiger partial charge in [0.15, 0.2) is 11.9 Å². The first kappa shape index (κ1) is 84.0. The molecule has 10 amide bonds. The molecule has 0 saturated carbocycles. The van der Waals surface area contributed by atoms with Gasteiger partial charge in [0.25, 0.3) is 0 Å². The highest BCUT2D eigenvalue weighted by Crippen LogP contribution is 2.21. The lowest BCUT2D eigenvalue weighted by Crippen LogP contribution is -2.61. The van der Waals surface area contributed by atoms with Gasteiger partial charge in [-0.3, -0.25) is 57.9 Å². The minimum Gasteiger partial charge on any atom is -0.508 e. The molecule has 4 aromatic rings. The van der Waals surface area contributed by atoms with E-state index in [4.69, 9.17) is 45.9 Å². The van der Waals surface area contributed by atoms with Crippen molar-refractivity contribution in [3.05, 3.63) is 102 Å². The molecule has 102 heavy (non-hydrogen) atoms.